The van der Waals surface area contributed by atoms with E-state index in [1.165, 1.54) is 6.20 Å². The number of hydrogen-bond acceptors (Lipinski definition) is 4. The summed E-state index contributed by atoms with van der Waals surface area (Å²) in [6.07, 6.45) is 3.43. The van der Waals surface area contributed by atoms with Gasteiger partial charge in [-0.1, -0.05) is 6.92 Å². The van der Waals surface area contributed by atoms with Crippen LogP contribution >= 0.6 is 0 Å². The van der Waals surface area contributed by atoms with Crippen LogP contribution in [0.2, 0.25) is 0 Å². The Bertz CT molecular complexity index is 371. The smallest absolute Gasteiger partial charge is 0.310 e. The van der Waals surface area contributed by atoms with Gasteiger partial charge in [0.2, 0.25) is 0 Å². The lowest BCUT2D eigenvalue weighted by atomic mass is 9.84. The zero-order valence-corrected chi connectivity index (χ0v) is 9.27. The van der Waals surface area contributed by atoms with E-state index >= 15 is 0 Å². The quantitative estimate of drug-likeness (QED) is 0.600. The normalized spacial score (nSPS) is 19.6. The monoisotopic (exact) mass is 224 g/mol. The molecule has 1 saturated heterocycles. The molecule has 2 rings (SSSR count). The minimum Gasteiger partial charge on any atom is -0.317 e. The molecule has 1 atom stereocenters. The van der Waals surface area contributed by atoms with Gasteiger partial charge in [0.15, 0.2) is 0 Å². The maximum Gasteiger partial charge on any atom is 0.310 e. The summed E-state index contributed by atoms with van der Waals surface area (Å²) in [6, 6.07) is 0. The molecule has 0 bridgehead atoms. The maximum absolute atomic E-state index is 10.8. The van der Waals surface area contributed by atoms with Gasteiger partial charge >= 0.3 is 5.69 Å². The fourth-order valence-electron chi connectivity index (χ4n) is 2.35. The number of piperidine rings is 1. The van der Waals surface area contributed by atoms with Gasteiger partial charge in [-0.05, 0) is 31.8 Å². The molecule has 1 aromatic rings. The van der Waals surface area contributed by atoms with Crippen LogP contribution in [0.4, 0.5) is 5.69 Å². The second-order valence-electron chi connectivity index (χ2n) is 4.30. The molecule has 16 heavy (non-hydrogen) atoms. The lowest BCUT2D eigenvalue weighted by molar-refractivity contribution is -0.385. The molecule has 1 aliphatic rings. The van der Waals surface area contributed by atoms with Crippen LogP contribution in [0.25, 0.3) is 0 Å². The molecule has 2 N–H and O–H groups in total. The highest BCUT2D eigenvalue weighted by molar-refractivity contribution is 5.34. The molecule has 1 fully saturated rings. The summed E-state index contributed by atoms with van der Waals surface area (Å²) in [4.78, 5) is 10.4. The van der Waals surface area contributed by atoms with E-state index in [0.29, 0.717) is 11.6 Å². The Balaban J connectivity index is 2.15. The van der Waals surface area contributed by atoms with Gasteiger partial charge in [0, 0.05) is 5.92 Å². The van der Waals surface area contributed by atoms with Crippen molar-refractivity contribution >= 4 is 5.69 Å². The van der Waals surface area contributed by atoms with Crippen molar-refractivity contribution in [2.75, 3.05) is 13.1 Å². The van der Waals surface area contributed by atoms with Crippen LogP contribution in [0, 0.1) is 16.0 Å². The average Bonchev–Trinajstić information content (AvgIpc) is 2.78. The lowest BCUT2D eigenvalue weighted by Gasteiger charge is -2.27. The summed E-state index contributed by atoms with van der Waals surface area (Å²) in [5.74, 6) is 0.672. The third-order valence-electron chi connectivity index (χ3n) is 3.39. The maximum atomic E-state index is 10.8. The van der Waals surface area contributed by atoms with Gasteiger partial charge in [-0.2, -0.15) is 5.10 Å². The molecule has 0 spiro atoms. The van der Waals surface area contributed by atoms with Crippen molar-refractivity contribution in [2.45, 2.75) is 25.7 Å². The molecular weight excluding hydrogens is 208 g/mol. The minimum atomic E-state index is -0.365. The van der Waals surface area contributed by atoms with E-state index in [1.54, 1.807) is 0 Å². The highest BCUT2D eigenvalue weighted by atomic mass is 16.6. The molecule has 88 valence electrons. The van der Waals surface area contributed by atoms with Crippen molar-refractivity contribution in [1.29, 1.82) is 0 Å². The fraction of sp³-hybridized carbons (Fsp3) is 0.700. The van der Waals surface area contributed by atoms with Crippen LogP contribution < -0.4 is 5.32 Å². The third-order valence-corrected chi connectivity index (χ3v) is 3.39. The van der Waals surface area contributed by atoms with Crippen LogP contribution in [0.5, 0.6) is 0 Å². The van der Waals surface area contributed by atoms with E-state index in [0.717, 1.165) is 25.9 Å². The Morgan fingerprint density at radius 1 is 1.56 bits per heavy atom. The van der Waals surface area contributed by atoms with E-state index in [9.17, 15) is 10.1 Å². The predicted molar refractivity (Wildman–Crippen MR) is 59.3 cm³/mol. The second-order valence-corrected chi connectivity index (χ2v) is 4.30. The number of nitro groups is 1. The van der Waals surface area contributed by atoms with E-state index < -0.39 is 0 Å². The van der Waals surface area contributed by atoms with Crippen LogP contribution in [0.3, 0.4) is 0 Å². The molecule has 0 aliphatic carbocycles. The molecule has 1 unspecified atom stereocenters. The van der Waals surface area contributed by atoms with Gasteiger partial charge < -0.3 is 5.32 Å². The summed E-state index contributed by atoms with van der Waals surface area (Å²) < 4.78 is 0. The summed E-state index contributed by atoms with van der Waals surface area (Å²) in [6.45, 7) is 4.03. The van der Waals surface area contributed by atoms with Crippen LogP contribution in [-0.4, -0.2) is 28.2 Å². The van der Waals surface area contributed by atoms with Crippen LogP contribution in [0.1, 0.15) is 31.4 Å². The molecule has 0 aromatic carbocycles. The number of aromatic nitrogens is 2. The highest BCUT2D eigenvalue weighted by Gasteiger charge is 2.28. The zero-order valence-electron chi connectivity index (χ0n) is 9.27. The first kappa shape index (κ1) is 11.1. The molecule has 0 saturated carbocycles. The van der Waals surface area contributed by atoms with Gasteiger partial charge in [-0.15, -0.1) is 0 Å². The zero-order chi connectivity index (χ0) is 11.5. The van der Waals surface area contributed by atoms with Crippen molar-refractivity contribution in [2.24, 2.45) is 5.92 Å². The lowest BCUT2D eigenvalue weighted by Crippen LogP contribution is -2.30. The van der Waals surface area contributed by atoms with Gasteiger partial charge in [0.1, 0.15) is 11.9 Å². The number of hydrogen-bond donors (Lipinski definition) is 2. The minimum absolute atomic E-state index is 0.117. The first-order valence-corrected chi connectivity index (χ1v) is 5.58. The molecule has 1 aliphatic heterocycles. The first-order valence-electron chi connectivity index (χ1n) is 5.58. The molecule has 6 heteroatoms. The Hall–Kier alpha value is -1.43. The van der Waals surface area contributed by atoms with Crippen molar-refractivity contribution in [3.8, 4) is 0 Å². The van der Waals surface area contributed by atoms with Crippen molar-refractivity contribution < 1.29 is 4.92 Å². The topological polar surface area (TPSA) is 83.8 Å². The number of nitrogens with zero attached hydrogens (tertiary/aromatic N) is 2. The SMILES string of the molecule is CC(c1[nH]ncc1[N+](=O)[O-])C1CCNCC1. The van der Waals surface area contributed by atoms with Gasteiger partial charge in [-0.25, -0.2) is 0 Å². The van der Waals surface area contributed by atoms with Crippen molar-refractivity contribution in [3.05, 3.63) is 22.0 Å². The second kappa shape index (κ2) is 4.61. The fourth-order valence-corrected chi connectivity index (χ4v) is 2.35. The van der Waals surface area contributed by atoms with E-state index in [-0.39, 0.29) is 16.5 Å². The van der Waals surface area contributed by atoms with Crippen molar-refractivity contribution in [1.82, 2.24) is 15.5 Å². The van der Waals surface area contributed by atoms with Gasteiger partial charge in [-0.3, -0.25) is 15.2 Å². The standard InChI is InChI=1S/C10H16N4O2/c1-7(8-2-4-11-5-3-8)10-9(14(15)16)6-12-13-10/h6-8,11H,2-5H2,1H3,(H,12,13). The summed E-state index contributed by atoms with van der Waals surface area (Å²) >= 11 is 0. The third kappa shape index (κ3) is 2.06. The summed E-state index contributed by atoms with van der Waals surface area (Å²) in [5, 5.41) is 20.6. The summed E-state index contributed by atoms with van der Waals surface area (Å²) in [7, 11) is 0. The summed E-state index contributed by atoms with van der Waals surface area (Å²) in [5.41, 5.74) is 0.780. The average molecular weight is 224 g/mol. The molecule has 6 nitrogen and oxygen atoms in total. The Kier molecular flexibility index (Phi) is 3.19. The van der Waals surface area contributed by atoms with E-state index in [1.807, 2.05) is 6.92 Å². The van der Waals surface area contributed by atoms with Crippen LogP contribution in [-0.2, 0) is 0 Å². The molecule has 0 radical (unpaired) electrons. The number of rotatable bonds is 3. The Labute approximate surface area is 93.6 Å². The highest BCUT2D eigenvalue weighted by Crippen LogP contribution is 2.33. The number of nitrogens with one attached hydrogen (secondary N) is 2. The predicted octanol–water partition coefficient (Wildman–Crippen LogP) is 1.42. The Morgan fingerprint density at radius 3 is 2.88 bits per heavy atom. The van der Waals surface area contributed by atoms with Gasteiger partial charge in [0.05, 0.1) is 4.92 Å². The van der Waals surface area contributed by atoms with Crippen molar-refractivity contribution in [3.63, 3.8) is 0 Å². The first-order chi connectivity index (χ1) is 7.70. The van der Waals surface area contributed by atoms with Gasteiger partial charge in [0.25, 0.3) is 0 Å². The largest absolute Gasteiger partial charge is 0.317 e. The Morgan fingerprint density at radius 2 is 2.25 bits per heavy atom. The molecular formula is C10H16N4O2. The number of aromatic amines is 1. The molecule has 2 heterocycles. The van der Waals surface area contributed by atoms with Crippen LogP contribution in [0.15, 0.2) is 6.20 Å². The molecule has 0 amide bonds. The van der Waals surface area contributed by atoms with E-state index in [2.05, 4.69) is 15.5 Å². The molecule has 1 aromatic heterocycles. The van der Waals surface area contributed by atoms with E-state index in [4.69, 9.17) is 0 Å². The number of H-pyrrole nitrogens is 1.